The zero-order valence-corrected chi connectivity index (χ0v) is 24.6. The Morgan fingerprint density at radius 3 is 2.78 bits per heavy atom. The number of amides is 1. The first-order chi connectivity index (χ1) is 19.8. The SMILES string of the molecule is CO[C@H](CF)CN(CCCCc1ccc2c(n1)NCCC2)CC[C@H](NC(=O)C1(c2nc(C)ncc2Cl)CC1)C(=O)O. The number of carbonyl (C=O) groups excluding carboxylic acids is 1. The summed E-state index contributed by atoms with van der Waals surface area (Å²) in [4.78, 5) is 40.6. The van der Waals surface area contributed by atoms with Crippen LogP contribution in [0, 0.1) is 6.92 Å². The third kappa shape index (κ3) is 8.11. The Morgan fingerprint density at radius 1 is 1.27 bits per heavy atom. The number of aryl methyl sites for hydroxylation is 3. The van der Waals surface area contributed by atoms with Crippen LogP contribution < -0.4 is 10.6 Å². The van der Waals surface area contributed by atoms with E-state index in [-0.39, 0.29) is 6.42 Å². The van der Waals surface area contributed by atoms with Crippen LogP contribution in [0.3, 0.4) is 0 Å². The van der Waals surface area contributed by atoms with Crippen molar-refractivity contribution in [2.75, 3.05) is 45.3 Å². The van der Waals surface area contributed by atoms with Crippen molar-refractivity contribution < 1.29 is 23.8 Å². The highest BCUT2D eigenvalue weighted by atomic mass is 35.5. The molecule has 3 N–H and O–H groups in total. The molecule has 0 aromatic carbocycles. The van der Waals surface area contributed by atoms with Crippen molar-refractivity contribution >= 4 is 29.3 Å². The number of aromatic nitrogens is 3. The second-order valence-corrected chi connectivity index (χ2v) is 11.4. The second kappa shape index (κ2) is 14.3. The van der Waals surface area contributed by atoms with Gasteiger partial charge in [-0.15, -0.1) is 0 Å². The third-order valence-corrected chi connectivity index (χ3v) is 8.19. The molecule has 224 valence electrons. The molecule has 2 aromatic rings. The normalized spacial score (nSPS) is 16.9. The minimum Gasteiger partial charge on any atom is -0.480 e. The van der Waals surface area contributed by atoms with Crippen LogP contribution in [0.2, 0.25) is 5.02 Å². The molecule has 10 nitrogen and oxygen atoms in total. The number of nitrogens with one attached hydrogen (secondary N) is 2. The first-order valence-corrected chi connectivity index (χ1v) is 14.7. The lowest BCUT2D eigenvalue weighted by Gasteiger charge is -2.27. The lowest BCUT2D eigenvalue weighted by molar-refractivity contribution is -0.142. The number of ether oxygens (including phenoxy) is 1. The van der Waals surface area contributed by atoms with Gasteiger partial charge in [0.15, 0.2) is 0 Å². The van der Waals surface area contributed by atoms with Crippen LogP contribution in [0.1, 0.15) is 61.3 Å². The van der Waals surface area contributed by atoms with Crippen LogP contribution in [-0.2, 0) is 32.6 Å². The molecule has 0 radical (unpaired) electrons. The summed E-state index contributed by atoms with van der Waals surface area (Å²) in [6, 6.07) is 3.12. The molecule has 2 aliphatic rings. The van der Waals surface area contributed by atoms with Gasteiger partial charge in [-0.05, 0) is 76.5 Å². The summed E-state index contributed by atoms with van der Waals surface area (Å²) >= 11 is 6.30. The van der Waals surface area contributed by atoms with E-state index in [0.29, 0.717) is 49.0 Å². The minimum atomic E-state index is -1.13. The Bertz CT molecular complexity index is 1210. The number of rotatable bonds is 16. The molecule has 1 fully saturated rings. The molecular formula is C29H40ClFN6O4. The molecule has 0 bridgehead atoms. The number of fused-ring (bicyclic) bond motifs is 1. The number of unbranched alkanes of at least 4 members (excludes halogenated alkanes) is 1. The van der Waals surface area contributed by atoms with E-state index in [1.54, 1.807) is 6.92 Å². The number of nitrogens with zero attached hydrogens (tertiary/aromatic N) is 4. The minimum absolute atomic E-state index is 0.161. The van der Waals surface area contributed by atoms with Crippen molar-refractivity contribution in [3.8, 4) is 0 Å². The molecule has 12 heteroatoms. The van der Waals surface area contributed by atoms with E-state index in [0.717, 1.165) is 50.2 Å². The Labute approximate surface area is 245 Å². The van der Waals surface area contributed by atoms with Gasteiger partial charge < -0.3 is 25.4 Å². The number of methoxy groups -OCH3 is 1. The fraction of sp³-hybridized carbons (Fsp3) is 0.621. The fourth-order valence-electron chi connectivity index (χ4n) is 5.27. The summed E-state index contributed by atoms with van der Waals surface area (Å²) in [5, 5.41) is 16.3. The highest BCUT2D eigenvalue weighted by Gasteiger charge is 2.54. The van der Waals surface area contributed by atoms with E-state index in [1.807, 2.05) is 4.90 Å². The van der Waals surface area contributed by atoms with Gasteiger partial charge in [-0.3, -0.25) is 4.79 Å². The Morgan fingerprint density at radius 2 is 2.07 bits per heavy atom. The number of carboxylic acid groups (broad SMARTS) is 1. The topological polar surface area (TPSA) is 130 Å². The molecule has 0 saturated heterocycles. The van der Waals surface area contributed by atoms with E-state index in [2.05, 4.69) is 32.7 Å². The highest BCUT2D eigenvalue weighted by Crippen LogP contribution is 2.49. The number of aliphatic carboxylic acids is 1. The largest absolute Gasteiger partial charge is 0.480 e. The number of anilines is 1. The molecule has 41 heavy (non-hydrogen) atoms. The highest BCUT2D eigenvalue weighted by molar-refractivity contribution is 6.31. The summed E-state index contributed by atoms with van der Waals surface area (Å²) in [6.07, 6.45) is 6.79. The van der Waals surface area contributed by atoms with E-state index in [1.165, 1.54) is 18.9 Å². The number of carboxylic acids is 1. The van der Waals surface area contributed by atoms with Crippen LogP contribution >= 0.6 is 11.6 Å². The van der Waals surface area contributed by atoms with Gasteiger partial charge in [-0.1, -0.05) is 17.7 Å². The molecular weight excluding hydrogens is 551 g/mol. The van der Waals surface area contributed by atoms with Gasteiger partial charge in [-0.25, -0.2) is 24.1 Å². The van der Waals surface area contributed by atoms with Crippen LogP contribution in [0.25, 0.3) is 0 Å². The molecule has 2 aromatic heterocycles. The zero-order valence-electron chi connectivity index (χ0n) is 23.8. The number of hydrogen-bond donors (Lipinski definition) is 3. The first-order valence-electron chi connectivity index (χ1n) is 14.3. The van der Waals surface area contributed by atoms with E-state index >= 15 is 0 Å². The lowest BCUT2D eigenvalue weighted by Crippen LogP contribution is -2.48. The summed E-state index contributed by atoms with van der Waals surface area (Å²) < 4.78 is 18.7. The zero-order chi connectivity index (χ0) is 29.4. The number of halogens is 2. The maximum atomic E-state index is 13.5. The molecule has 0 unspecified atom stereocenters. The van der Waals surface area contributed by atoms with Gasteiger partial charge in [0.25, 0.3) is 0 Å². The Balaban J connectivity index is 1.33. The van der Waals surface area contributed by atoms with E-state index < -0.39 is 36.1 Å². The second-order valence-electron chi connectivity index (χ2n) is 11.0. The number of pyridine rings is 1. The maximum absolute atomic E-state index is 13.5. The molecule has 1 saturated carbocycles. The molecule has 0 spiro atoms. The number of carbonyl (C=O) groups is 2. The van der Waals surface area contributed by atoms with Crippen LogP contribution in [-0.4, -0.2) is 88.9 Å². The molecule has 4 rings (SSSR count). The van der Waals surface area contributed by atoms with Crippen molar-refractivity contribution in [2.24, 2.45) is 0 Å². The smallest absolute Gasteiger partial charge is 0.326 e. The van der Waals surface area contributed by atoms with Gasteiger partial charge in [0.05, 0.1) is 22.2 Å². The summed E-state index contributed by atoms with van der Waals surface area (Å²) in [5.41, 5.74) is 1.79. The van der Waals surface area contributed by atoms with Crippen LogP contribution in [0.15, 0.2) is 18.3 Å². The molecule has 1 aliphatic carbocycles. The standard InChI is InChI=1S/C29H40ClFN6O4/c1-19-33-17-23(30)25(34-19)29(11-12-29)28(40)36-24(27(38)39)10-15-37(18-22(16-31)41-2)14-4-3-7-21-9-8-20-6-5-13-32-26(20)35-21/h8-9,17,22,24H,3-7,10-16,18H2,1-2H3,(H,32,35)(H,36,40)(H,38,39)/t22-,24+/m1/s1. The molecule has 1 aliphatic heterocycles. The fourth-order valence-corrected chi connectivity index (χ4v) is 5.54. The monoisotopic (exact) mass is 590 g/mol. The van der Waals surface area contributed by atoms with E-state index in [4.69, 9.17) is 21.3 Å². The molecule has 3 heterocycles. The predicted molar refractivity (Wildman–Crippen MR) is 154 cm³/mol. The lowest BCUT2D eigenvalue weighted by atomic mass is 9.99. The van der Waals surface area contributed by atoms with Crippen molar-refractivity contribution in [1.29, 1.82) is 0 Å². The van der Waals surface area contributed by atoms with Crippen molar-refractivity contribution in [3.63, 3.8) is 0 Å². The van der Waals surface area contributed by atoms with Gasteiger partial charge >= 0.3 is 5.97 Å². The molecule has 2 atom stereocenters. The number of alkyl halides is 1. The van der Waals surface area contributed by atoms with Gasteiger partial charge in [0.2, 0.25) is 5.91 Å². The van der Waals surface area contributed by atoms with Gasteiger partial charge in [0.1, 0.15) is 24.4 Å². The van der Waals surface area contributed by atoms with Crippen molar-refractivity contribution in [3.05, 3.63) is 46.1 Å². The average molecular weight is 591 g/mol. The Kier molecular flexibility index (Phi) is 10.9. The predicted octanol–water partition coefficient (Wildman–Crippen LogP) is 3.49. The van der Waals surface area contributed by atoms with E-state index in [9.17, 15) is 19.1 Å². The summed E-state index contributed by atoms with van der Waals surface area (Å²) in [5.74, 6) is -0.0522. The quantitative estimate of drug-likeness (QED) is 0.252. The van der Waals surface area contributed by atoms with Crippen molar-refractivity contribution in [2.45, 2.75) is 75.9 Å². The summed E-state index contributed by atoms with van der Waals surface area (Å²) in [6.45, 7) is 3.35. The maximum Gasteiger partial charge on any atom is 0.326 e. The van der Waals surface area contributed by atoms with Gasteiger partial charge in [0, 0.05) is 38.6 Å². The average Bonchev–Trinajstić information content (AvgIpc) is 3.78. The van der Waals surface area contributed by atoms with Crippen LogP contribution in [0.4, 0.5) is 10.2 Å². The summed E-state index contributed by atoms with van der Waals surface area (Å²) in [7, 11) is 1.47. The number of hydrogen-bond acceptors (Lipinski definition) is 8. The van der Waals surface area contributed by atoms with Crippen molar-refractivity contribution in [1.82, 2.24) is 25.2 Å². The molecule has 1 amide bonds. The third-order valence-electron chi connectivity index (χ3n) is 7.92. The first kappa shape index (κ1) is 31.1. The Hall–Kier alpha value is -2.89. The van der Waals surface area contributed by atoms with Crippen LogP contribution in [0.5, 0.6) is 0 Å². The van der Waals surface area contributed by atoms with Gasteiger partial charge in [-0.2, -0.15) is 0 Å².